The van der Waals surface area contributed by atoms with Crippen LogP contribution in [0.3, 0.4) is 0 Å². The van der Waals surface area contributed by atoms with Crippen LogP contribution in [0.25, 0.3) is 11.0 Å². The van der Waals surface area contributed by atoms with E-state index in [1.165, 1.54) is 11.1 Å². The summed E-state index contributed by atoms with van der Waals surface area (Å²) in [6.45, 7) is 5.85. The molecule has 1 amide bonds. The lowest BCUT2D eigenvalue weighted by atomic mass is 10.0. The Morgan fingerprint density at radius 2 is 1.65 bits per heavy atom. The largest absolute Gasteiger partial charge is 0.323 e. The fraction of sp³-hybridized carbons (Fsp3) is 0.259. The Labute approximate surface area is 183 Å². The Hall–Kier alpha value is -3.40. The molecule has 4 heteroatoms. The maximum atomic E-state index is 12.8. The van der Waals surface area contributed by atoms with Gasteiger partial charge in [-0.1, -0.05) is 68.4 Å². The van der Waals surface area contributed by atoms with Gasteiger partial charge < -0.3 is 9.47 Å². The van der Waals surface area contributed by atoms with Crippen LogP contribution in [0.15, 0.2) is 78.9 Å². The number of nitrogens with zero attached hydrogens (tertiary/aromatic N) is 3. The Bertz CT molecular complexity index is 1210. The summed E-state index contributed by atoms with van der Waals surface area (Å²) in [5.41, 5.74) is 5.66. The summed E-state index contributed by atoms with van der Waals surface area (Å²) in [5.74, 6) is 1.76. The van der Waals surface area contributed by atoms with Crippen molar-refractivity contribution in [2.24, 2.45) is 0 Å². The van der Waals surface area contributed by atoms with Crippen LogP contribution < -0.4 is 4.90 Å². The number of hydrogen-bond acceptors (Lipinski definition) is 2. The molecule has 0 bridgehead atoms. The zero-order valence-corrected chi connectivity index (χ0v) is 18.0. The van der Waals surface area contributed by atoms with Crippen LogP contribution in [-0.4, -0.2) is 22.0 Å². The molecule has 0 aliphatic carbocycles. The zero-order valence-electron chi connectivity index (χ0n) is 18.0. The van der Waals surface area contributed by atoms with Crippen molar-refractivity contribution in [2.75, 3.05) is 11.4 Å². The Morgan fingerprint density at radius 1 is 0.935 bits per heavy atom. The third kappa shape index (κ3) is 3.74. The molecule has 2 heterocycles. The summed E-state index contributed by atoms with van der Waals surface area (Å²) >= 11 is 0. The Kier molecular flexibility index (Phi) is 5.06. The minimum atomic E-state index is 0.0787. The molecule has 1 aromatic heterocycles. The number of para-hydroxylation sites is 3. The number of carbonyl (C=O) groups is 1. The first-order valence-corrected chi connectivity index (χ1v) is 11.0. The monoisotopic (exact) mass is 409 g/mol. The zero-order chi connectivity index (χ0) is 21.4. The number of benzene rings is 3. The second-order valence-corrected chi connectivity index (χ2v) is 8.68. The van der Waals surface area contributed by atoms with Crippen LogP contribution in [0.2, 0.25) is 0 Å². The van der Waals surface area contributed by atoms with Crippen molar-refractivity contribution in [3.63, 3.8) is 0 Å². The third-order valence-corrected chi connectivity index (χ3v) is 6.23. The first-order valence-electron chi connectivity index (χ1n) is 11.0. The molecule has 0 unspecified atom stereocenters. The predicted octanol–water partition coefficient (Wildman–Crippen LogP) is 5.73. The molecule has 1 saturated heterocycles. The quantitative estimate of drug-likeness (QED) is 0.422. The summed E-state index contributed by atoms with van der Waals surface area (Å²) in [4.78, 5) is 19.7. The van der Waals surface area contributed by atoms with Gasteiger partial charge in [0.15, 0.2) is 0 Å². The van der Waals surface area contributed by atoms with Crippen LogP contribution >= 0.6 is 0 Å². The highest BCUT2D eigenvalue weighted by atomic mass is 16.2. The molecule has 1 aliphatic rings. The van der Waals surface area contributed by atoms with Crippen molar-refractivity contribution in [3.05, 3.63) is 95.8 Å². The first-order chi connectivity index (χ1) is 15.1. The molecule has 1 atom stereocenters. The highest BCUT2D eigenvalue weighted by Gasteiger charge is 2.34. The smallest absolute Gasteiger partial charge is 0.227 e. The maximum absolute atomic E-state index is 12.8. The van der Waals surface area contributed by atoms with Crippen molar-refractivity contribution < 1.29 is 4.79 Å². The highest BCUT2D eigenvalue weighted by molar-refractivity contribution is 5.96. The lowest BCUT2D eigenvalue weighted by molar-refractivity contribution is -0.117. The van der Waals surface area contributed by atoms with Crippen molar-refractivity contribution >= 4 is 22.6 Å². The van der Waals surface area contributed by atoms with E-state index >= 15 is 0 Å². The van der Waals surface area contributed by atoms with E-state index in [4.69, 9.17) is 4.98 Å². The minimum Gasteiger partial charge on any atom is -0.323 e. The standard InChI is InChI=1S/C27H27N3O/c1-19(2)21-14-12-20(13-15-21)17-30-25-11-7-6-10-24(25)28-27(30)22-16-26(31)29(18-22)23-8-4-3-5-9-23/h3-15,19,22H,16-18H2,1-2H3/t22-/m0/s1. The summed E-state index contributed by atoms with van der Waals surface area (Å²) < 4.78 is 2.30. The summed E-state index contributed by atoms with van der Waals surface area (Å²) in [6.07, 6.45) is 0.491. The van der Waals surface area contributed by atoms with Gasteiger partial charge in [-0.05, 0) is 41.3 Å². The molecule has 0 N–H and O–H groups in total. The lowest BCUT2D eigenvalue weighted by Gasteiger charge is -2.17. The fourth-order valence-electron chi connectivity index (χ4n) is 4.50. The molecule has 0 radical (unpaired) electrons. The number of carbonyl (C=O) groups excluding carboxylic acids is 1. The van der Waals surface area contributed by atoms with E-state index in [2.05, 4.69) is 60.9 Å². The van der Waals surface area contributed by atoms with Gasteiger partial charge in [-0.2, -0.15) is 0 Å². The van der Waals surface area contributed by atoms with Crippen molar-refractivity contribution in [1.82, 2.24) is 9.55 Å². The minimum absolute atomic E-state index is 0.0787. The number of anilines is 1. The molecular formula is C27H27N3O. The van der Waals surface area contributed by atoms with E-state index in [0.29, 0.717) is 18.9 Å². The number of imidazole rings is 1. The Morgan fingerprint density at radius 3 is 2.39 bits per heavy atom. The van der Waals surface area contributed by atoms with E-state index in [0.717, 1.165) is 29.1 Å². The van der Waals surface area contributed by atoms with E-state index in [1.54, 1.807) is 0 Å². The van der Waals surface area contributed by atoms with Gasteiger partial charge in [-0.15, -0.1) is 0 Å². The van der Waals surface area contributed by atoms with Gasteiger partial charge in [-0.25, -0.2) is 4.98 Å². The van der Waals surface area contributed by atoms with Crippen LogP contribution in [0.4, 0.5) is 5.69 Å². The van der Waals surface area contributed by atoms with Crippen LogP contribution in [0, 0.1) is 0 Å². The number of rotatable bonds is 5. The molecule has 1 fully saturated rings. The van der Waals surface area contributed by atoms with Gasteiger partial charge in [0.1, 0.15) is 5.82 Å². The molecule has 1 aliphatic heterocycles. The highest BCUT2D eigenvalue weighted by Crippen LogP contribution is 2.33. The molecule has 0 saturated carbocycles. The molecule has 156 valence electrons. The number of aromatic nitrogens is 2. The van der Waals surface area contributed by atoms with Gasteiger partial charge in [0, 0.05) is 31.1 Å². The van der Waals surface area contributed by atoms with E-state index < -0.39 is 0 Å². The topological polar surface area (TPSA) is 38.1 Å². The SMILES string of the molecule is CC(C)c1ccc(Cn2c([C@H]3CC(=O)N(c4ccccc4)C3)nc3ccccc32)cc1. The van der Waals surface area contributed by atoms with Crippen LogP contribution in [0.5, 0.6) is 0 Å². The van der Waals surface area contributed by atoms with Crippen LogP contribution in [0.1, 0.15) is 49.1 Å². The Balaban J connectivity index is 1.50. The van der Waals surface area contributed by atoms with E-state index in [1.807, 2.05) is 41.3 Å². The number of hydrogen-bond donors (Lipinski definition) is 0. The molecule has 4 nitrogen and oxygen atoms in total. The second kappa shape index (κ2) is 8.03. The summed E-state index contributed by atoms with van der Waals surface area (Å²) in [7, 11) is 0. The second-order valence-electron chi connectivity index (χ2n) is 8.68. The van der Waals surface area contributed by atoms with Crippen molar-refractivity contribution in [3.8, 4) is 0 Å². The van der Waals surface area contributed by atoms with E-state index in [-0.39, 0.29) is 11.8 Å². The fourth-order valence-corrected chi connectivity index (χ4v) is 4.50. The third-order valence-electron chi connectivity index (χ3n) is 6.23. The van der Waals surface area contributed by atoms with Crippen molar-refractivity contribution in [1.29, 1.82) is 0 Å². The molecule has 4 aromatic rings. The molecule has 31 heavy (non-hydrogen) atoms. The van der Waals surface area contributed by atoms with Crippen LogP contribution in [-0.2, 0) is 11.3 Å². The summed E-state index contributed by atoms with van der Waals surface area (Å²) in [5, 5.41) is 0. The lowest BCUT2D eigenvalue weighted by Crippen LogP contribution is -2.24. The van der Waals surface area contributed by atoms with Crippen molar-refractivity contribution in [2.45, 2.75) is 38.6 Å². The van der Waals surface area contributed by atoms with E-state index in [9.17, 15) is 4.79 Å². The molecular weight excluding hydrogens is 382 g/mol. The number of fused-ring (bicyclic) bond motifs is 1. The number of amides is 1. The molecule has 3 aromatic carbocycles. The molecule has 0 spiro atoms. The average Bonchev–Trinajstić information content (AvgIpc) is 3.35. The average molecular weight is 410 g/mol. The van der Waals surface area contributed by atoms with Gasteiger partial charge in [-0.3, -0.25) is 4.79 Å². The molecule has 5 rings (SSSR count). The van der Waals surface area contributed by atoms with Gasteiger partial charge in [0.05, 0.1) is 11.0 Å². The van der Waals surface area contributed by atoms with Gasteiger partial charge in [0.25, 0.3) is 0 Å². The first kappa shape index (κ1) is 19.6. The summed E-state index contributed by atoms with van der Waals surface area (Å²) in [6, 6.07) is 27.1. The van der Waals surface area contributed by atoms with Gasteiger partial charge >= 0.3 is 0 Å². The predicted molar refractivity (Wildman–Crippen MR) is 126 cm³/mol. The normalized spacial score (nSPS) is 16.5. The maximum Gasteiger partial charge on any atom is 0.227 e. The van der Waals surface area contributed by atoms with Gasteiger partial charge in [0.2, 0.25) is 5.91 Å².